The summed E-state index contributed by atoms with van der Waals surface area (Å²) in [7, 11) is 0. The lowest BCUT2D eigenvalue weighted by Crippen LogP contribution is -2.12. The third-order valence-electron chi connectivity index (χ3n) is 3.17. The van der Waals surface area contributed by atoms with E-state index in [4.69, 9.17) is 4.42 Å². The molecule has 8 heteroatoms. The molecule has 25 heavy (non-hydrogen) atoms. The first-order chi connectivity index (χ1) is 12.0. The summed E-state index contributed by atoms with van der Waals surface area (Å²) in [4.78, 5) is 15.9. The number of aromatic nitrogens is 1. The molecular weight excluding hydrogens is 337 g/mol. The molecule has 2 heterocycles. The van der Waals surface area contributed by atoms with Crippen LogP contribution in [0, 0.1) is 5.82 Å². The molecule has 0 spiro atoms. The summed E-state index contributed by atoms with van der Waals surface area (Å²) >= 11 is 0. The number of carbonyl (C=O) groups excluding carboxylic acids is 1. The van der Waals surface area contributed by atoms with Crippen LogP contribution in [-0.4, -0.2) is 17.5 Å². The third kappa shape index (κ3) is 3.97. The molecule has 2 aromatic heterocycles. The molecule has 0 radical (unpaired) electrons. The molecule has 0 aliphatic rings. The van der Waals surface area contributed by atoms with Crippen molar-refractivity contribution >= 4 is 11.7 Å². The second-order valence-corrected chi connectivity index (χ2v) is 4.86. The van der Waals surface area contributed by atoms with Gasteiger partial charge in [-0.1, -0.05) is 12.1 Å². The van der Waals surface area contributed by atoms with Gasteiger partial charge in [-0.2, -0.15) is 8.78 Å². The van der Waals surface area contributed by atoms with Gasteiger partial charge in [0.05, 0.1) is 11.8 Å². The number of nitrogens with zero attached hydrogens (tertiary/aromatic N) is 1. The van der Waals surface area contributed by atoms with Crippen molar-refractivity contribution in [2.45, 2.75) is 6.61 Å². The number of benzene rings is 1. The van der Waals surface area contributed by atoms with Crippen LogP contribution in [0.3, 0.4) is 0 Å². The van der Waals surface area contributed by atoms with Crippen LogP contribution in [0.5, 0.6) is 5.75 Å². The summed E-state index contributed by atoms with van der Waals surface area (Å²) in [5.74, 6) is -0.939. The predicted octanol–water partition coefficient (Wildman–Crippen LogP) is 4.33. The Hall–Kier alpha value is -3.29. The van der Waals surface area contributed by atoms with E-state index in [0.29, 0.717) is 0 Å². The first-order valence-corrected chi connectivity index (χ1v) is 7.10. The molecule has 0 atom stereocenters. The van der Waals surface area contributed by atoms with E-state index in [9.17, 15) is 18.0 Å². The van der Waals surface area contributed by atoms with E-state index in [-0.39, 0.29) is 28.7 Å². The van der Waals surface area contributed by atoms with Crippen molar-refractivity contribution in [3.05, 3.63) is 66.3 Å². The number of rotatable bonds is 5. The summed E-state index contributed by atoms with van der Waals surface area (Å²) < 4.78 is 47.4. The number of anilines is 1. The van der Waals surface area contributed by atoms with Crippen LogP contribution >= 0.6 is 0 Å². The van der Waals surface area contributed by atoms with Gasteiger partial charge in [0.15, 0.2) is 5.76 Å². The van der Waals surface area contributed by atoms with Gasteiger partial charge in [-0.25, -0.2) is 9.37 Å². The lowest BCUT2D eigenvalue weighted by Gasteiger charge is -2.05. The van der Waals surface area contributed by atoms with Crippen LogP contribution < -0.4 is 10.1 Å². The fourth-order valence-electron chi connectivity index (χ4n) is 2.07. The van der Waals surface area contributed by atoms with Gasteiger partial charge in [-0.15, -0.1) is 0 Å². The van der Waals surface area contributed by atoms with E-state index < -0.39 is 18.3 Å². The van der Waals surface area contributed by atoms with Crippen molar-refractivity contribution in [2.75, 3.05) is 5.32 Å². The minimum atomic E-state index is -2.96. The maximum absolute atomic E-state index is 13.7. The smallest absolute Gasteiger partial charge is 0.387 e. The highest BCUT2D eigenvalue weighted by molar-refractivity contribution is 6.02. The largest absolute Gasteiger partial charge is 0.451 e. The van der Waals surface area contributed by atoms with Crippen LogP contribution in [-0.2, 0) is 0 Å². The zero-order valence-corrected chi connectivity index (χ0v) is 12.6. The normalized spacial score (nSPS) is 10.7. The summed E-state index contributed by atoms with van der Waals surface area (Å²) in [5.41, 5.74) is 0.230. The molecule has 0 saturated carbocycles. The van der Waals surface area contributed by atoms with Gasteiger partial charge in [0.2, 0.25) is 0 Å². The lowest BCUT2D eigenvalue weighted by atomic mass is 10.1. The van der Waals surface area contributed by atoms with Crippen molar-refractivity contribution in [2.24, 2.45) is 0 Å². The number of halogens is 3. The molecule has 3 aromatic rings. The van der Waals surface area contributed by atoms with Crippen LogP contribution in [0.1, 0.15) is 10.6 Å². The van der Waals surface area contributed by atoms with Gasteiger partial charge in [0.25, 0.3) is 5.91 Å². The maximum atomic E-state index is 13.7. The van der Waals surface area contributed by atoms with Gasteiger partial charge in [0, 0.05) is 0 Å². The van der Waals surface area contributed by atoms with Crippen molar-refractivity contribution in [3.8, 4) is 17.1 Å². The van der Waals surface area contributed by atoms with Crippen LogP contribution in [0.4, 0.5) is 19.0 Å². The standard InChI is InChI=1S/C17H11F3N2O3/c18-12-4-2-1-3-11(12)13-6-7-14(25-13)16(23)22-15-8-5-10(9-21-15)24-17(19)20/h1-9,17H,(H,21,22,23). The molecular formula is C17H11F3N2O3. The fraction of sp³-hybridized carbons (Fsp3) is 0.0588. The van der Waals surface area contributed by atoms with Crippen LogP contribution in [0.15, 0.2) is 59.1 Å². The first kappa shape index (κ1) is 16.6. The Morgan fingerprint density at radius 3 is 2.60 bits per heavy atom. The molecule has 0 bridgehead atoms. The average Bonchev–Trinajstić information content (AvgIpc) is 3.06. The van der Waals surface area contributed by atoms with Gasteiger partial charge in [0.1, 0.15) is 23.1 Å². The summed E-state index contributed by atoms with van der Waals surface area (Å²) in [6.07, 6.45) is 1.05. The molecule has 1 amide bonds. The number of furan rings is 1. The second-order valence-electron chi connectivity index (χ2n) is 4.86. The van der Waals surface area contributed by atoms with Crippen molar-refractivity contribution in [1.82, 2.24) is 4.98 Å². The summed E-state index contributed by atoms with van der Waals surface area (Å²) in [5, 5.41) is 2.44. The van der Waals surface area contributed by atoms with Gasteiger partial charge >= 0.3 is 6.61 Å². The maximum Gasteiger partial charge on any atom is 0.387 e. The Bertz CT molecular complexity index is 879. The number of amides is 1. The quantitative estimate of drug-likeness (QED) is 0.745. The predicted molar refractivity (Wildman–Crippen MR) is 82.9 cm³/mol. The summed E-state index contributed by atoms with van der Waals surface area (Å²) in [6, 6.07) is 11.4. The van der Waals surface area contributed by atoms with Crippen LogP contribution in [0.2, 0.25) is 0 Å². The highest BCUT2D eigenvalue weighted by Crippen LogP contribution is 2.25. The van der Waals surface area contributed by atoms with Crippen molar-refractivity contribution < 1.29 is 27.1 Å². The number of hydrogen-bond acceptors (Lipinski definition) is 4. The van der Waals surface area contributed by atoms with E-state index in [1.807, 2.05) is 0 Å². The Morgan fingerprint density at radius 1 is 1.12 bits per heavy atom. The molecule has 0 saturated heterocycles. The fourth-order valence-corrected chi connectivity index (χ4v) is 2.07. The highest BCUT2D eigenvalue weighted by atomic mass is 19.3. The minimum absolute atomic E-state index is 0.0482. The number of pyridine rings is 1. The van der Waals surface area contributed by atoms with Crippen molar-refractivity contribution in [3.63, 3.8) is 0 Å². The van der Waals surface area contributed by atoms with Gasteiger partial charge in [-0.05, 0) is 36.4 Å². The molecule has 0 aliphatic heterocycles. The zero-order valence-electron chi connectivity index (χ0n) is 12.6. The number of ether oxygens (including phenoxy) is 1. The van der Waals surface area contributed by atoms with E-state index in [0.717, 1.165) is 6.20 Å². The molecule has 0 aliphatic carbocycles. The average molecular weight is 348 g/mol. The Morgan fingerprint density at radius 2 is 1.92 bits per heavy atom. The Balaban J connectivity index is 1.71. The number of carbonyl (C=O) groups is 1. The Labute approximate surface area is 140 Å². The zero-order chi connectivity index (χ0) is 17.8. The molecule has 1 aromatic carbocycles. The molecule has 0 unspecified atom stereocenters. The van der Waals surface area contributed by atoms with Gasteiger partial charge < -0.3 is 14.5 Å². The molecule has 0 fully saturated rings. The van der Waals surface area contributed by atoms with E-state index in [1.54, 1.807) is 12.1 Å². The van der Waals surface area contributed by atoms with E-state index in [2.05, 4.69) is 15.0 Å². The first-order valence-electron chi connectivity index (χ1n) is 7.10. The number of alkyl halides is 2. The molecule has 3 rings (SSSR count). The Kier molecular flexibility index (Phi) is 4.69. The lowest BCUT2D eigenvalue weighted by molar-refractivity contribution is -0.0500. The molecule has 128 valence electrons. The van der Waals surface area contributed by atoms with E-state index in [1.165, 1.54) is 36.4 Å². The monoisotopic (exact) mass is 348 g/mol. The molecule has 5 nitrogen and oxygen atoms in total. The second kappa shape index (κ2) is 7.08. The topological polar surface area (TPSA) is 64.4 Å². The highest BCUT2D eigenvalue weighted by Gasteiger charge is 2.15. The number of nitrogens with one attached hydrogen (secondary N) is 1. The van der Waals surface area contributed by atoms with Crippen LogP contribution in [0.25, 0.3) is 11.3 Å². The van der Waals surface area contributed by atoms with Crippen molar-refractivity contribution in [1.29, 1.82) is 0 Å². The number of hydrogen-bond donors (Lipinski definition) is 1. The van der Waals surface area contributed by atoms with Gasteiger partial charge in [-0.3, -0.25) is 4.79 Å². The van der Waals surface area contributed by atoms with E-state index >= 15 is 0 Å². The summed E-state index contributed by atoms with van der Waals surface area (Å²) in [6.45, 7) is -2.96. The minimum Gasteiger partial charge on any atom is -0.451 e. The molecule has 1 N–H and O–H groups in total. The SMILES string of the molecule is O=C(Nc1ccc(OC(F)F)cn1)c1ccc(-c2ccccc2F)o1. The third-order valence-corrected chi connectivity index (χ3v) is 3.17.